The second-order valence-corrected chi connectivity index (χ2v) is 7.07. The van der Waals surface area contributed by atoms with Gasteiger partial charge in [-0.2, -0.15) is 0 Å². The molecule has 0 aliphatic heterocycles. The van der Waals surface area contributed by atoms with Crippen LogP contribution in [0.2, 0.25) is 0 Å². The number of sulfonamides is 1. The molecule has 0 heterocycles. The van der Waals surface area contributed by atoms with Crippen molar-refractivity contribution in [2.45, 2.75) is 24.6 Å². The number of likely N-dealkylation sites (N-methyl/N-ethyl adjacent to an activating group) is 1. The number of benzene rings is 1. The molecule has 2 N–H and O–H groups in total. The van der Waals surface area contributed by atoms with Crippen LogP contribution < -0.4 is 5.73 Å². The van der Waals surface area contributed by atoms with Gasteiger partial charge in [0.1, 0.15) is 5.82 Å². The SMILES string of the molecule is CN(C(CN)C1CC1)S(=O)(=O)Cc1ccc(F)cc1. The molecule has 4 nitrogen and oxygen atoms in total. The van der Waals surface area contributed by atoms with Gasteiger partial charge in [-0.15, -0.1) is 0 Å². The zero-order valence-corrected chi connectivity index (χ0v) is 11.7. The van der Waals surface area contributed by atoms with E-state index in [0.29, 0.717) is 18.0 Å². The number of nitrogens with zero attached hydrogens (tertiary/aromatic N) is 1. The van der Waals surface area contributed by atoms with Crippen molar-refractivity contribution in [2.24, 2.45) is 11.7 Å². The topological polar surface area (TPSA) is 63.4 Å². The van der Waals surface area contributed by atoms with E-state index >= 15 is 0 Å². The van der Waals surface area contributed by atoms with Crippen molar-refractivity contribution in [3.63, 3.8) is 0 Å². The molecule has 0 bridgehead atoms. The summed E-state index contributed by atoms with van der Waals surface area (Å²) in [6.45, 7) is 0.337. The zero-order chi connectivity index (χ0) is 14.0. The van der Waals surface area contributed by atoms with E-state index in [1.165, 1.54) is 28.6 Å². The Kier molecular flexibility index (Phi) is 4.23. The third-order valence-electron chi connectivity index (χ3n) is 3.58. The number of halogens is 1. The molecule has 0 radical (unpaired) electrons. The van der Waals surface area contributed by atoms with Crippen LogP contribution >= 0.6 is 0 Å². The van der Waals surface area contributed by atoms with Crippen LogP contribution in [0, 0.1) is 11.7 Å². The predicted octanol–water partition coefficient (Wildman–Crippen LogP) is 1.32. The van der Waals surface area contributed by atoms with Crippen molar-refractivity contribution in [1.29, 1.82) is 0 Å². The Morgan fingerprint density at radius 1 is 1.37 bits per heavy atom. The van der Waals surface area contributed by atoms with E-state index in [9.17, 15) is 12.8 Å². The summed E-state index contributed by atoms with van der Waals surface area (Å²) in [7, 11) is -1.83. The van der Waals surface area contributed by atoms with E-state index in [1.54, 1.807) is 7.05 Å². The highest BCUT2D eigenvalue weighted by molar-refractivity contribution is 7.88. The summed E-state index contributed by atoms with van der Waals surface area (Å²) >= 11 is 0. The fourth-order valence-electron chi connectivity index (χ4n) is 2.22. The summed E-state index contributed by atoms with van der Waals surface area (Å²) in [5.74, 6) is -0.0992. The van der Waals surface area contributed by atoms with Gasteiger partial charge in [-0.3, -0.25) is 0 Å². The summed E-state index contributed by atoms with van der Waals surface area (Å²) in [4.78, 5) is 0. The van der Waals surface area contributed by atoms with Gasteiger partial charge in [0.25, 0.3) is 0 Å². The average molecular weight is 286 g/mol. The van der Waals surface area contributed by atoms with Crippen LogP contribution in [0.3, 0.4) is 0 Å². The number of nitrogens with two attached hydrogens (primary N) is 1. The van der Waals surface area contributed by atoms with Crippen LogP contribution in [-0.4, -0.2) is 32.4 Å². The standard InChI is InChI=1S/C13H19FN2O2S/c1-16(13(8-15)11-4-5-11)19(17,18)9-10-2-6-12(14)7-3-10/h2-3,6-7,11,13H,4-5,8-9,15H2,1H3. The quantitative estimate of drug-likeness (QED) is 0.858. The maximum absolute atomic E-state index is 12.8. The molecule has 0 aromatic heterocycles. The van der Waals surface area contributed by atoms with Gasteiger partial charge in [-0.1, -0.05) is 12.1 Å². The third kappa shape index (κ3) is 3.52. The summed E-state index contributed by atoms with van der Waals surface area (Å²) in [5.41, 5.74) is 6.25. The van der Waals surface area contributed by atoms with Gasteiger partial charge < -0.3 is 5.73 Å². The van der Waals surface area contributed by atoms with E-state index in [4.69, 9.17) is 5.73 Å². The molecule has 1 saturated carbocycles. The minimum Gasteiger partial charge on any atom is -0.329 e. The van der Waals surface area contributed by atoms with Crippen LogP contribution in [-0.2, 0) is 15.8 Å². The van der Waals surface area contributed by atoms with E-state index in [1.807, 2.05) is 0 Å². The van der Waals surface area contributed by atoms with Gasteiger partial charge in [0.15, 0.2) is 0 Å². The predicted molar refractivity (Wildman–Crippen MR) is 72.4 cm³/mol. The third-order valence-corrected chi connectivity index (χ3v) is 5.42. The molecular weight excluding hydrogens is 267 g/mol. The van der Waals surface area contributed by atoms with E-state index in [2.05, 4.69) is 0 Å². The van der Waals surface area contributed by atoms with E-state index in [-0.39, 0.29) is 17.6 Å². The second kappa shape index (κ2) is 5.56. The molecule has 1 aliphatic carbocycles. The molecule has 1 aliphatic rings. The van der Waals surface area contributed by atoms with Crippen molar-refractivity contribution in [3.05, 3.63) is 35.6 Å². The highest BCUT2D eigenvalue weighted by Crippen LogP contribution is 2.35. The van der Waals surface area contributed by atoms with E-state index in [0.717, 1.165) is 12.8 Å². The molecule has 1 aromatic rings. The van der Waals surface area contributed by atoms with Crippen LogP contribution in [0.15, 0.2) is 24.3 Å². The maximum Gasteiger partial charge on any atom is 0.218 e. The Hall–Kier alpha value is -0.980. The number of hydrogen-bond acceptors (Lipinski definition) is 3. The van der Waals surface area contributed by atoms with Gasteiger partial charge in [-0.05, 0) is 36.5 Å². The van der Waals surface area contributed by atoms with Gasteiger partial charge in [0.05, 0.1) is 5.75 Å². The molecular formula is C13H19FN2O2S. The van der Waals surface area contributed by atoms with Crippen molar-refractivity contribution in [1.82, 2.24) is 4.31 Å². The summed E-state index contributed by atoms with van der Waals surface area (Å²) in [6, 6.07) is 5.41. The summed E-state index contributed by atoms with van der Waals surface area (Å²) in [5, 5.41) is 0. The minimum atomic E-state index is -3.41. The van der Waals surface area contributed by atoms with Crippen molar-refractivity contribution in [2.75, 3.05) is 13.6 Å². The molecule has 0 spiro atoms. The lowest BCUT2D eigenvalue weighted by atomic mass is 10.2. The lowest BCUT2D eigenvalue weighted by molar-refractivity contribution is 0.340. The first-order valence-corrected chi connectivity index (χ1v) is 7.95. The van der Waals surface area contributed by atoms with E-state index < -0.39 is 10.0 Å². The lowest BCUT2D eigenvalue weighted by Gasteiger charge is -2.26. The Bertz CT molecular complexity index is 526. The van der Waals surface area contributed by atoms with Gasteiger partial charge in [0, 0.05) is 19.6 Å². The molecule has 106 valence electrons. The Balaban J connectivity index is 2.10. The number of rotatable bonds is 6. The van der Waals surface area contributed by atoms with Crippen molar-refractivity contribution >= 4 is 10.0 Å². The normalized spacial score (nSPS) is 17.7. The Morgan fingerprint density at radius 3 is 2.42 bits per heavy atom. The molecule has 1 aromatic carbocycles. The van der Waals surface area contributed by atoms with Crippen molar-refractivity contribution in [3.8, 4) is 0 Å². The Morgan fingerprint density at radius 2 is 1.95 bits per heavy atom. The highest BCUT2D eigenvalue weighted by atomic mass is 32.2. The fraction of sp³-hybridized carbons (Fsp3) is 0.538. The molecule has 19 heavy (non-hydrogen) atoms. The zero-order valence-electron chi connectivity index (χ0n) is 10.9. The number of hydrogen-bond donors (Lipinski definition) is 1. The molecule has 0 amide bonds. The Labute approximate surface area is 113 Å². The highest BCUT2D eigenvalue weighted by Gasteiger charge is 2.37. The monoisotopic (exact) mass is 286 g/mol. The first kappa shape index (κ1) is 14.4. The fourth-order valence-corrected chi connectivity index (χ4v) is 3.71. The summed E-state index contributed by atoms with van der Waals surface area (Å²) < 4.78 is 38.8. The summed E-state index contributed by atoms with van der Waals surface area (Å²) in [6.07, 6.45) is 2.08. The largest absolute Gasteiger partial charge is 0.329 e. The maximum atomic E-state index is 12.8. The van der Waals surface area contributed by atoms with Gasteiger partial charge >= 0.3 is 0 Å². The molecule has 1 atom stereocenters. The second-order valence-electron chi connectivity index (χ2n) is 5.04. The van der Waals surface area contributed by atoms with Crippen molar-refractivity contribution < 1.29 is 12.8 Å². The molecule has 1 unspecified atom stereocenters. The first-order valence-electron chi connectivity index (χ1n) is 6.34. The first-order chi connectivity index (χ1) is 8.94. The van der Waals surface area contributed by atoms with Crippen LogP contribution in [0.5, 0.6) is 0 Å². The van der Waals surface area contributed by atoms with Crippen LogP contribution in [0.25, 0.3) is 0 Å². The lowest BCUT2D eigenvalue weighted by Crippen LogP contribution is -2.43. The molecule has 1 fully saturated rings. The molecule has 2 rings (SSSR count). The van der Waals surface area contributed by atoms with Crippen LogP contribution in [0.1, 0.15) is 18.4 Å². The average Bonchev–Trinajstić information content (AvgIpc) is 3.17. The molecule has 0 saturated heterocycles. The minimum absolute atomic E-state index is 0.118. The smallest absolute Gasteiger partial charge is 0.218 e. The van der Waals surface area contributed by atoms with Gasteiger partial charge in [-0.25, -0.2) is 17.1 Å². The van der Waals surface area contributed by atoms with Gasteiger partial charge in [0.2, 0.25) is 10.0 Å². The molecule has 6 heteroatoms. The van der Waals surface area contributed by atoms with Crippen LogP contribution in [0.4, 0.5) is 4.39 Å².